The first-order chi connectivity index (χ1) is 8.99. The van der Waals surface area contributed by atoms with Crippen LogP contribution in [0.1, 0.15) is 37.7 Å². The number of hydrogen-bond donors (Lipinski definition) is 2. The first-order valence-electron chi connectivity index (χ1n) is 6.72. The summed E-state index contributed by atoms with van der Waals surface area (Å²) in [7, 11) is 0. The van der Waals surface area contributed by atoms with E-state index in [1.165, 1.54) is 25.3 Å². The zero-order valence-corrected chi connectivity index (χ0v) is 10.6. The summed E-state index contributed by atoms with van der Waals surface area (Å²) in [5.74, 6) is 0. The molecule has 0 aromatic heterocycles. The standard InChI is InChI=1S/C14H17F3N2/c15-14(16,17)10-4-5-11-12(8-10)18-9-13(19-11)6-2-1-3-7-13/h4-5,8,18-19H,1-3,6-7,9H2. The van der Waals surface area contributed by atoms with Gasteiger partial charge in [-0.1, -0.05) is 19.3 Å². The molecule has 2 N–H and O–H groups in total. The number of nitrogens with one attached hydrogen (secondary N) is 2. The molecule has 0 atom stereocenters. The maximum absolute atomic E-state index is 12.7. The molecule has 0 radical (unpaired) electrons. The molecule has 1 aromatic carbocycles. The van der Waals surface area contributed by atoms with Crippen LogP contribution in [0.3, 0.4) is 0 Å². The minimum atomic E-state index is -4.28. The van der Waals surface area contributed by atoms with Crippen LogP contribution in [-0.4, -0.2) is 12.1 Å². The van der Waals surface area contributed by atoms with Crippen LogP contribution in [0, 0.1) is 0 Å². The molecule has 1 saturated carbocycles. The SMILES string of the molecule is FC(F)(F)c1ccc2c(c1)NCC1(CCCCC1)N2. The van der Waals surface area contributed by atoms with Crippen LogP contribution in [0.25, 0.3) is 0 Å². The number of rotatable bonds is 0. The van der Waals surface area contributed by atoms with Gasteiger partial charge in [-0.15, -0.1) is 0 Å². The summed E-state index contributed by atoms with van der Waals surface area (Å²) >= 11 is 0. The molecular formula is C14H17F3N2. The molecule has 1 heterocycles. The third-order valence-corrected chi connectivity index (χ3v) is 4.17. The summed E-state index contributed by atoms with van der Waals surface area (Å²) in [6.07, 6.45) is 1.51. The molecular weight excluding hydrogens is 253 g/mol. The van der Waals surface area contributed by atoms with E-state index in [0.29, 0.717) is 12.2 Å². The fourth-order valence-electron chi connectivity index (χ4n) is 3.10. The molecule has 2 aliphatic rings. The second kappa shape index (κ2) is 4.32. The van der Waals surface area contributed by atoms with Gasteiger partial charge in [0.1, 0.15) is 0 Å². The second-order valence-corrected chi connectivity index (χ2v) is 5.58. The van der Waals surface area contributed by atoms with Crippen molar-refractivity contribution < 1.29 is 13.2 Å². The lowest BCUT2D eigenvalue weighted by molar-refractivity contribution is -0.137. The second-order valence-electron chi connectivity index (χ2n) is 5.58. The molecule has 1 spiro atoms. The Labute approximate surface area is 110 Å². The van der Waals surface area contributed by atoms with E-state index in [1.54, 1.807) is 6.07 Å². The van der Waals surface area contributed by atoms with E-state index in [1.807, 2.05) is 0 Å². The summed E-state index contributed by atoms with van der Waals surface area (Å²) < 4.78 is 38.0. The molecule has 1 fully saturated rings. The molecule has 0 amide bonds. The molecule has 1 aliphatic carbocycles. The van der Waals surface area contributed by atoms with Gasteiger partial charge in [-0.3, -0.25) is 0 Å². The number of alkyl halides is 3. The normalized spacial score (nSPS) is 21.4. The molecule has 0 unspecified atom stereocenters. The summed E-state index contributed by atoms with van der Waals surface area (Å²) in [6.45, 7) is 0.710. The van der Waals surface area contributed by atoms with Gasteiger partial charge in [0.25, 0.3) is 0 Å². The average Bonchev–Trinajstić information content (AvgIpc) is 2.38. The van der Waals surface area contributed by atoms with Crippen molar-refractivity contribution in [2.45, 2.75) is 43.8 Å². The third kappa shape index (κ3) is 2.38. The van der Waals surface area contributed by atoms with E-state index in [9.17, 15) is 13.2 Å². The van der Waals surface area contributed by atoms with Crippen LogP contribution in [0.4, 0.5) is 24.5 Å². The topological polar surface area (TPSA) is 24.1 Å². The number of halogens is 3. The van der Waals surface area contributed by atoms with Gasteiger partial charge in [-0.05, 0) is 31.0 Å². The van der Waals surface area contributed by atoms with E-state index >= 15 is 0 Å². The largest absolute Gasteiger partial charge is 0.416 e. The fraction of sp³-hybridized carbons (Fsp3) is 0.571. The smallest absolute Gasteiger partial charge is 0.381 e. The van der Waals surface area contributed by atoms with Gasteiger partial charge < -0.3 is 10.6 Å². The Kier molecular flexibility index (Phi) is 2.87. The highest BCUT2D eigenvalue weighted by atomic mass is 19.4. The van der Waals surface area contributed by atoms with Gasteiger partial charge in [-0.2, -0.15) is 13.2 Å². The van der Waals surface area contributed by atoms with Crippen molar-refractivity contribution in [1.82, 2.24) is 0 Å². The number of fused-ring (bicyclic) bond motifs is 1. The van der Waals surface area contributed by atoms with Crippen molar-refractivity contribution in [2.24, 2.45) is 0 Å². The van der Waals surface area contributed by atoms with Crippen LogP contribution in [-0.2, 0) is 6.18 Å². The Hall–Kier alpha value is -1.39. The van der Waals surface area contributed by atoms with Crippen molar-refractivity contribution in [2.75, 3.05) is 17.2 Å². The molecule has 1 aliphatic heterocycles. The first-order valence-corrected chi connectivity index (χ1v) is 6.72. The maximum Gasteiger partial charge on any atom is 0.416 e. The van der Waals surface area contributed by atoms with Crippen LogP contribution in [0.5, 0.6) is 0 Å². The Balaban J connectivity index is 1.86. The minimum Gasteiger partial charge on any atom is -0.381 e. The fourth-order valence-corrected chi connectivity index (χ4v) is 3.10. The van der Waals surface area contributed by atoms with Crippen LogP contribution >= 0.6 is 0 Å². The lowest BCUT2D eigenvalue weighted by atomic mass is 9.80. The molecule has 19 heavy (non-hydrogen) atoms. The van der Waals surface area contributed by atoms with Crippen molar-refractivity contribution >= 4 is 11.4 Å². The van der Waals surface area contributed by atoms with E-state index in [4.69, 9.17) is 0 Å². The number of benzene rings is 1. The Morgan fingerprint density at radius 1 is 1.00 bits per heavy atom. The van der Waals surface area contributed by atoms with Gasteiger partial charge >= 0.3 is 6.18 Å². The van der Waals surface area contributed by atoms with E-state index in [-0.39, 0.29) is 5.54 Å². The lowest BCUT2D eigenvalue weighted by Crippen LogP contribution is -2.49. The molecule has 5 heteroatoms. The molecule has 0 bridgehead atoms. The predicted octanol–water partition coefficient (Wildman–Crippen LogP) is 4.25. The quantitative estimate of drug-likeness (QED) is 0.736. The first kappa shape index (κ1) is 12.6. The molecule has 2 nitrogen and oxygen atoms in total. The van der Waals surface area contributed by atoms with Crippen LogP contribution in [0.2, 0.25) is 0 Å². The van der Waals surface area contributed by atoms with E-state index in [2.05, 4.69) is 10.6 Å². The average molecular weight is 270 g/mol. The van der Waals surface area contributed by atoms with Crippen molar-refractivity contribution in [1.29, 1.82) is 0 Å². The summed E-state index contributed by atoms with van der Waals surface area (Å²) in [5.41, 5.74) is 0.790. The molecule has 1 aromatic rings. The van der Waals surface area contributed by atoms with Gasteiger partial charge in [0.15, 0.2) is 0 Å². The monoisotopic (exact) mass is 270 g/mol. The van der Waals surface area contributed by atoms with Crippen LogP contribution < -0.4 is 10.6 Å². The Morgan fingerprint density at radius 3 is 2.42 bits per heavy atom. The predicted molar refractivity (Wildman–Crippen MR) is 69.4 cm³/mol. The summed E-state index contributed by atoms with van der Waals surface area (Å²) in [6, 6.07) is 3.88. The summed E-state index contributed by atoms with van der Waals surface area (Å²) in [5, 5.41) is 6.63. The molecule has 3 rings (SSSR count). The maximum atomic E-state index is 12.7. The highest BCUT2D eigenvalue weighted by Gasteiger charge is 2.37. The highest BCUT2D eigenvalue weighted by molar-refractivity contribution is 5.73. The van der Waals surface area contributed by atoms with Crippen molar-refractivity contribution in [3.63, 3.8) is 0 Å². The van der Waals surface area contributed by atoms with Crippen molar-refractivity contribution in [3.05, 3.63) is 23.8 Å². The van der Waals surface area contributed by atoms with Gasteiger partial charge in [-0.25, -0.2) is 0 Å². The van der Waals surface area contributed by atoms with Gasteiger partial charge in [0.05, 0.1) is 22.5 Å². The zero-order chi connectivity index (χ0) is 13.5. The number of anilines is 2. The number of hydrogen-bond acceptors (Lipinski definition) is 2. The lowest BCUT2D eigenvalue weighted by Gasteiger charge is -2.43. The van der Waals surface area contributed by atoms with Gasteiger partial charge in [0.2, 0.25) is 0 Å². The Bertz CT molecular complexity index is 476. The third-order valence-electron chi connectivity index (χ3n) is 4.17. The minimum absolute atomic E-state index is 0.0327. The van der Waals surface area contributed by atoms with E-state index < -0.39 is 11.7 Å². The van der Waals surface area contributed by atoms with E-state index in [0.717, 1.165) is 24.6 Å². The van der Waals surface area contributed by atoms with Crippen molar-refractivity contribution in [3.8, 4) is 0 Å². The van der Waals surface area contributed by atoms with Gasteiger partial charge in [0, 0.05) is 6.54 Å². The highest BCUT2D eigenvalue weighted by Crippen LogP contribution is 2.40. The zero-order valence-electron chi connectivity index (χ0n) is 10.6. The summed E-state index contributed by atoms with van der Waals surface area (Å²) in [4.78, 5) is 0. The molecule has 104 valence electrons. The van der Waals surface area contributed by atoms with Crippen LogP contribution in [0.15, 0.2) is 18.2 Å². The molecule has 0 saturated heterocycles. The Morgan fingerprint density at radius 2 is 1.74 bits per heavy atom.